The van der Waals surface area contributed by atoms with Gasteiger partial charge < -0.3 is 9.87 Å². The van der Waals surface area contributed by atoms with Crippen LogP contribution < -0.4 is 5.32 Å². The van der Waals surface area contributed by atoms with Crippen LogP contribution in [0.4, 0.5) is 5.69 Å². The molecule has 0 radical (unpaired) electrons. The Morgan fingerprint density at radius 3 is 2.47 bits per heavy atom. The van der Waals surface area contributed by atoms with Gasteiger partial charge in [-0.05, 0) is 29.3 Å². The number of benzene rings is 1. The molecule has 0 fully saturated rings. The van der Waals surface area contributed by atoms with Gasteiger partial charge in [0.1, 0.15) is 4.90 Å². The Balaban J connectivity index is 3.46. The summed E-state index contributed by atoms with van der Waals surface area (Å²) < 4.78 is 51.8. The second-order valence-corrected chi connectivity index (χ2v) is 4.95. The van der Waals surface area contributed by atoms with E-state index in [9.17, 15) is 17.2 Å². The number of hydrogen-bond donors (Lipinski definition) is 2. The van der Waals surface area contributed by atoms with E-state index < -0.39 is 26.1 Å². The van der Waals surface area contributed by atoms with Crippen molar-refractivity contribution < 1.29 is 21.7 Å². The number of rotatable bonds is 3. The van der Waals surface area contributed by atoms with E-state index in [1.54, 1.807) is 0 Å². The van der Waals surface area contributed by atoms with Gasteiger partial charge in [-0.3, -0.25) is 8.76 Å². The molecule has 84 valence electrons. The normalized spacial score (nSPS) is 13.5. The van der Waals surface area contributed by atoms with Gasteiger partial charge in [0.2, 0.25) is 0 Å². The summed E-state index contributed by atoms with van der Waals surface area (Å²) in [5.74, 6) is 0. The molecule has 0 aliphatic rings. The molecule has 1 rings (SSSR count). The Morgan fingerprint density at radius 1 is 1.47 bits per heavy atom. The molecule has 1 unspecified atom stereocenters. The van der Waals surface area contributed by atoms with Crippen molar-refractivity contribution in [3.63, 3.8) is 0 Å². The minimum absolute atomic E-state index is 0.131. The molecular weight excluding hydrogens is 242 g/mol. The van der Waals surface area contributed by atoms with Crippen LogP contribution in [0.1, 0.15) is 0 Å². The van der Waals surface area contributed by atoms with E-state index >= 15 is 0 Å². The van der Waals surface area contributed by atoms with Crippen molar-refractivity contribution >= 4 is 26.9 Å². The number of nitrogens with one attached hydrogen (secondary N) is 1. The van der Waals surface area contributed by atoms with Crippen molar-refractivity contribution in [1.82, 2.24) is 0 Å². The molecule has 8 heteroatoms. The third-order valence-electron chi connectivity index (χ3n) is 1.69. The van der Waals surface area contributed by atoms with Crippen LogP contribution >= 0.6 is 0 Å². The smallest absolute Gasteiger partial charge is 0.296 e. The lowest BCUT2D eigenvalue weighted by Gasteiger charge is -2.10. The van der Waals surface area contributed by atoms with Crippen LogP contribution in [0.15, 0.2) is 28.0 Å². The van der Waals surface area contributed by atoms with Gasteiger partial charge in [-0.2, -0.15) is 8.42 Å². The van der Waals surface area contributed by atoms with Crippen LogP contribution in [0.25, 0.3) is 0 Å². The third-order valence-corrected chi connectivity index (χ3v) is 3.23. The minimum atomic E-state index is -4.44. The van der Waals surface area contributed by atoms with Crippen LogP contribution in [0.2, 0.25) is 0 Å². The maximum Gasteiger partial charge on any atom is 0.296 e. The lowest BCUT2D eigenvalue weighted by atomic mass is 10.3. The molecule has 1 aromatic carbocycles. The molecule has 0 amide bonds. The van der Waals surface area contributed by atoms with Crippen molar-refractivity contribution in [1.29, 1.82) is 0 Å². The molecular formula is C7H8NO5S2-. The van der Waals surface area contributed by atoms with Gasteiger partial charge >= 0.3 is 0 Å². The fraction of sp³-hybridized carbons (Fsp3) is 0.143. The first kappa shape index (κ1) is 12.1. The summed E-state index contributed by atoms with van der Waals surface area (Å²) in [4.78, 5) is -0.673. The highest BCUT2D eigenvalue weighted by molar-refractivity contribution is 7.86. The number of anilines is 1. The molecule has 1 aromatic rings. The SMILES string of the molecule is CNc1ccc(S(=O)[O-])cc1S(=O)(=O)O. The van der Waals surface area contributed by atoms with Gasteiger partial charge in [-0.25, -0.2) is 0 Å². The Kier molecular flexibility index (Phi) is 3.45. The van der Waals surface area contributed by atoms with Gasteiger partial charge in [0, 0.05) is 11.9 Å². The first-order valence-electron chi connectivity index (χ1n) is 3.75. The summed E-state index contributed by atoms with van der Waals surface area (Å²) in [5.41, 5.74) is 0.131. The quantitative estimate of drug-likeness (QED) is 0.586. The van der Waals surface area contributed by atoms with Crippen molar-refractivity contribution in [2.24, 2.45) is 0 Å². The molecule has 0 aliphatic carbocycles. The Morgan fingerprint density at radius 2 is 2.07 bits per heavy atom. The zero-order chi connectivity index (χ0) is 11.6. The van der Waals surface area contributed by atoms with Gasteiger partial charge in [0.25, 0.3) is 10.1 Å². The molecule has 0 aliphatic heterocycles. The molecule has 2 N–H and O–H groups in total. The first-order valence-corrected chi connectivity index (χ1v) is 6.26. The van der Waals surface area contributed by atoms with E-state index in [4.69, 9.17) is 4.55 Å². The summed E-state index contributed by atoms with van der Waals surface area (Å²) in [6.07, 6.45) is 0. The largest absolute Gasteiger partial charge is 0.768 e. The monoisotopic (exact) mass is 250 g/mol. The standard InChI is InChI=1S/C7H9NO5S2/c1-8-6-3-2-5(14(9)10)4-7(6)15(11,12)13/h2-4,8H,1H3,(H,9,10)(H,11,12,13)/p-1. The second kappa shape index (κ2) is 4.27. The maximum atomic E-state index is 10.9. The van der Waals surface area contributed by atoms with Crippen LogP contribution in [0.5, 0.6) is 0 Å². The Bertz CT molecular complexity index is 496. The van der Waals surface area contributed by atoms with Gasteiger partial charge in [-0.15, -0.1) is 0 Å². The predicted molar refractivity (Wildman–Crippen MR) is 53.0 cm³/mol. The van der Waals surface area contributed by atoms with E-state index in [0.717, 1.165) is 6.07 Å². The van der Waals surface area contributed by atoms with Gasteiger partial charge in [0.15, 0.2) is 0 Å². The average Bonchev–Trinajstić information content (AvgIpc) is 2.15. The lowest BCUT2D eigenvalue weighted by molar-refractivity contribution is 0.483. The minimum Gasteiger partial charge on any atom is -0.768 e. The van der Waals surface area contributed by atoms with Crippen molar-refractivity contribution in [3.8, 4) is 0 Å². The van der Waals surface area contributed by atoms with E-state index in [0.29, 0.717) is 0 Å². The zero-order valence-electron chi connectivity index (χ0n) is 7.63. The summed E-state index contributed by atoms with van der Waals surface area (Å²) in [7, 11) is -2.98. The summed E-state index contributed by atoms with van der Waals surface area (Å²) in [6, 6.07) is 3.36. The highest BCUT2D eigenvalue weighted by Crippen LogP contribution is 2.23. The fourth-order valence-electron chi connectivity index (χ4n) is 1.03. The molecule has 1 atom stereocenters. The van der Waals surface area contributed by atoms with Crippen LogP contribution in [-0.2, 0) is 21.2 Å². The van der Waals surface area contributed by atoms with E-state index in [1.807, 2.05) is 0 Å². The zero-order valence-corrected chi connectivity index (χ0v) is 9.26. The molecule has 0 heterocycles. The van der Waals surface area contributed by atoms with E-state index in [-0.39, 0.29) is 10.6 Å². The van der Waals surface area contributed by atoms with Gasteiger partial charge in [0.05, 0.1) is 5.69 Å². The Labute approximate surface area is 89.4 Å². The maximum absolute atomic E-state index is 10.9. The molecule has 0 saturated heterocycles. The molecule has 0 spiro atoms. The molecule has 6 nitrogen and oxygen atoms in total. The lowest BCUT2D eigenvalue weighted by Crippen LogP contribution is -2.04. The van der Waals surface area contributed by atoms with Crippen molar-refractivity contribution in [2.45, 2.75) is 9.79 Å². The fourth-order valence-corrected chi connectivity index (χ4v) is 2.22. The highest BCUT2D eigenvalue weighted by atomic mass is 32.2. The summed E-state index contributed by atoms with van der Waals surface area (Å²) in [6.45, 7) is 0. The van der Waals surface area contributed by atoms with Crippen LogP contribution in [0, 0.1) is 0 Å². The first-order chi connectivity index (χ1) is 6.86. The number of hydrogen-bond acceptors (Lipinski definition) is 5. The van der Waals surface area contributed by atoms with Crippen LogP contribution in [0.3, 0.4) is 0 Å². The van der Waals surface area contributed by atoms with Gasteiger partial charge in [-0.1, -0.05) is 0 Å². The van der Waals surface area contributed by atoms with Crippen LogP contribution in [-0.4, -0.2) is 28.8 Å². The van der Waals surface area contributed by atoms with Crippen molar-refractivity contribution in [3.05, 3.63) is 18.2 Å². The topological polar surface area (TPSA) is 107 Å². The van der Waals surface area contributed by atoms with Crippen molar-refractivity contribution in [2.75, 3.05) is 12.4 Å². The molecule has 0 bridgehead atoms. The molecule has 0 aromatic heterocycles. The molecule has 15 heavy (non-hydrogen) atoms. The third kappa shape index (κ3) is 2.75. The summed E-state index contributed by atoms with van der Waals surface area (Å²) in [5, 5.41) is 2.53. The average molecular weight is 250 g/mol. The molecule has 0 saturated carbocycles. The Hall–Kier alpha value is -0.960. The van der Waals surface area contributed by atoms with E-state index in [2.05, 4.69) is 5.32 Å². The van der Waals surface area contributed by atoms with E-state index in [1.165, 1.54) is 19.2 Å². The summed E-state index contributed by atoms with van der Waals surface area (Å²) >= 11 is -2.54. The second-order valence-electron chi connectivity index (χ2n) is 2.62. The highest BCUT2D eigenvalue weighted by Gasteiger charge is 2.15. The predicted octanol–water partition coefficient (Wildman–Crippen LogP) is 0.213.